The Hall–Kier alpha value is -1.35. The number of aliphatic hydroxyl groups excluding tert-OH is 5. The number of carbonyl (C=O) groups excluding carboxylic acids is 1. The van der Waals surface area contributed by atoms with Gasteiger partial charge in [-0.2, -0.15) is 0 Å². The molecule has 12 heteroatoms. The van der Waals surface area contributed by atoms with Crippen molar-refractivity contribution in [3.63, 3.8) is 0 Å². The fourth-order valence-corrected chi connectivity index (χ4v) is 4.17. The minimum atomic E-state index is -2.09. The van der Waals surface area contributed by atoms with E-state index < -0.39 is 79.2 Å². The second-order valence-electron chi connectivity index (χ2n) is 7.71. The van der Waals surface area contributed by atoms with Gasteiger partial charge in [0.1, 0.15) is 35.6 Å². The summed E-state index contributed by atoms with van der Waals surface area (Å²) in [6.07, 6.45) is -10.5. The number of rotatable bonds is 4. The molecule has 0 aromatic heterocycles. The lowest BCUT2D eigenvalue weighted by molar-refractivity contribution is -0.352. The van der Waals surface area contributed by atoms with Crippen LogP contribution < -0.4 is 0 Å². The maximum atomic E-state index is 12.1. The molecule has 166 valence electrons. The summed E-state index contributed by atoms with van der Waals surface area (Å²) in [4.78, 5) is 12.1. The minimum Gasteiger partial charge on any atom is -0.471 e. The summed E-state index contributed by atoms with van der Waals surface area (Å²) >= 11 is 0. The van der Waals surface area contributed by atoms with Crippen molar-refractivity contribution in [2.75, 3.05) is 13.7 Å². The molecule has 0 radical (unpaired) electrons. The number of aliphatic hydroxyl groups is 7. The van der Waals surface area contributed by atoms with Crippen LogP contribution in [-0.4, -0.2) is 110 Å². The third-order valence-corrected chi connectivity index (χ3v) is 5.90. The van der Waals surface area contributed by atoms with Gasteiger partial charge in [0.05, 0.1) is 37.6 Å². The summed E-state index contributed by atoms with van der Waals surface area (Å²) in [7, 11) is 1.08. The van der Waals surface area contributed by atoms with E-state index in [-0.39, 0.29) is 5.57 Å². The molecule has 29 heavy (non-hydrogen) atoms. The maximum absolute atomic E-state index is 12.1. The summed E-state index contributed by atoms with van der Waals surface area (Å²) in [5.74, 6) is -2.36. The molecule has 3 rings (SSSR count). The van der Waals surface area contributed by atoms with Crippen LogP contribution in [0.4, 0.5) is 0 Å². The van der Waals surface area contributed by atoms with Crippen molar-refractivity contribution in [1.29, 1.82) is 0 Å². The third kappa shape index (κ3) is 3.44. The molecule has 10 unspecified atom stereocenters. The average molecular weight is 422 g/mol. The van der Waals surface area contributed by atoms with Crippen LogP contribution in [0.5, 0.6) is 0 Å². The summed E-state index contributed by atoms with van der Waals surface area (Å²) in [5, 5.41) is 71.4. The van der Waals surface area contributed by atoms with E-state index in [1.165, 1.54) is 6.92 Å². The highest BCUT2D eigenvalue weighted by Crippen LogP contribution is 2.52. The van der Waals surface area contributed by atoms with Crippen molar-refractivity contribution in [3.05, 3.63) is 11.8 Å². The lowest BCUT2D eigenvalue weighted by Crippen LogP contribution is -2.62. The molecule has 0 bridgehead atoms. The van der Waals surface area contributed by atoms with Gasteiger partial charge < -0.3 is 54.7 Å². The van der Waals surface area contributed by atoms with E-state index in [1.807, 2.05) is 0 Å². The predicted molar refractivity (Wildman–Crippen MR) is 89.5 cm³/mol. The largest absolute Gasteiger partial charge is 0.471 e. The molecule has 7 N–H and O–H groups in total. The van der Waals surface area contributed by atoms with Gasteiger partial charge in [0.25, 0.3) is 0 Å². The number of hydrogen-bond acceptors (Lipinski definition) is 12. The lowest BCUT2D eigenvalue weighted by atomic mass is 9.77. The Morgan fingerprint density at radius 1 is 1.17 bits per heavy atom. The molecule has 1 saturated carbocycles. The molecule has 0 amide bonds. The SMILES string of the molecule is COC(=O)C1=COC(OC2OC(CO)C(O)C(O)C2O)C2C1(O)CC(O)C2(C)O. The molecule has 2 fully saturated rings. The van der Waals surface area contributed by atoms with Crippen LogP contribution in [0, 0.1) is 5.92 Å². The fourth-order valence-electron chi connectivity index (χ4n) is 4.17. The smallest absolute Gasteiger partial charge is 0.339 e. The Balaban J connectivity index is 1.92. The van der Waals surface area contributed by atoms with E-state index in [2.05, 4.69) is 4.74 Å². The number of hydrogen-bond donors (Lipinski definition) is 7. The maximum Gasteiger partial charge on any atom is 0.339 e. The van der Waals surface area contributed by atoms with E-state index in [4.69, 9.17) is 14.2 Å². The summed E-state index contributed by atoms with van der Waals surface area (Å²) in [6.45, 7) is 0.528. The lowest BCUT2D eigenvalue weighted by Gasteiger charge is -2.46. The molecule has 1 saturated heterocycles. The van der Waals surface area contributed by atoms with Gasteiger partial charge in [-0.3, -0.25) is 0 Å². The second-order valence-corrected chi connectivity index (χ2v) is 7.71. The van der Waals surface area contributed by atoms with Crippen molar-refractivity contribution in [1.82, 2.24) is 0 Å². The first-order chi connectivity index (χ1) is 13.5. The molecule has 2 heterocycles. The van der Waals surface area contributed by atoms with E-state index >= 15 is 0 Å². The first-order valence-corrected chi connectivity index (χ1v) is 9.02. The number of esters is 1. The predicted octanol–water partition coefficient (Wildman–Crippen LogP) is -3.92. The third-order valence-electron chi connectivity index (χ3n) is 5.90. The van der Waals surface area contributed by atoms with Crippen molar-refractivity contribution in [2.45, 2.75) is 67.6 Å². The normalized spacial score (nSPS) is 49.8. The Kier molecular flexibility index (Phi) is 5.95. The molecule has 2 aliphatic heterocycles. The van der Waals surface area contributed by atoms with Crippen LogP contribution in [0.25, 0.3) is 0 Å². The number of ether oxygens (including phenoxy) is 4. The minimum absolute atomic E-state index is 0.338. The Morgan fingerprint density at radius 2 is 1.83 bits per heavy atom. The van der Waals surface area contributed by atoms with Gasteiger partial charge in [0.15, 0.2) is 6.29 Å². The molecule has 3 aliphatic rings. The zero-order chi connectivity index (χ0) is 21.7. The standard InChI is InChI=1S/C17H26O12/c1-16(24)8(19)3-17(25)6(13(23)26-2)5-27-15(12(16)17)29-14-11(22)10(21)9(20)7(4-18)28-14/h5,7-12,14-15,18-22,24-25H,3-4H2,1-2H3. The first kappa shape index (κ1) is 22.3. The van der Waals surface area contributed by atoms with Crippen LogP contribution >= 0.6 is 0 Å². The van der Waals surface area contributed by atoms with Crippen LogP contribution in [0.15, 0.2) is 11.8 Å². The van der Waals surface area contributed by atoms with Crippen LogP contribution in [0.1, 0.15) is 13.3 Å². The highest BCUT2D eigenvalue weighted by atomic mass is 16.8. The van der Waals surface area contributed by atoms with E-state index in [0.717, 1.165) is 13.4 Å². The fraction of sp³-hybridized carbons (Fsp3) is 0.824. The zero-order valence-corrected chi connectivity index (χ0v) is 15.8. The van der Waals surface area contributed by atoms with Crippen molar-refractivity contribution in [2.24, 2.45) is 5.92 Å². The van der Waals surface area contributed by atoms with Gasteiger partial charge in [-0.15, -0.1) is 0 Å². The van der Waals surface area contributed by atoms with Crippen molar-refractivity contribution >= 4 is 5.97 Å². The second kappa shape index (κ2) is 7.72. The highest BCUT2D eigenvalue weighted by molar-refractivity contribution is 5.91. The molecule has 10 atom stereocenters. The monoisotopic (exact) mass is 422 g/mol. The molecule has 1 aliphatic carbocycles. The number of methoxy groups -OCH3 is 1. The summed E-state index contributed by atoms with van der Waals surface area (Å²) in [5.41, 5.74) is -4.41. The number of fused-ring (bicyclic) bond motifs is 1. The van der Waals surface area contributed by atoms with Gasteiger partial charge in [-0.05, 0) is 6.92 Å². The van der Waals surface area contributed by atoms with Crippen molar-refractivity contribution < 1.29 is 59.5 Å². The number of carbonyl (C=O) groups is 1. The zero-order valence-electron chi connectivity index (χ0n) is 15.8. The first-order valence-electron chi connectivity index (χ1n) is 9.02. The van der Waals surface area contributed by atoms with Gasteiger partial charge in [0, 0.05) is 6.42 Å². The van der Waals surface area contributed by atoms with Gasteiger partial charge in [-0.25, -0.2) is 4.79 Å². The molecule has 12 nitrogen and oxygen atoms in total. The van der Waals surface area contributed by atoms with Crippen molar-refractivity contribution in [3.8, 4) is 0 Å². The Morgan fingerprint density at radius 3 is 2.41 bits per heavy atom. The molecule has 0 spiro atoms. The van der Waals surface area contributed by atoms with Crippen LogP contribution in [-0.2, 0) is 23.7 Å². The van der Waals surface area contributed by atoms with Gasteiger partial charge in [-0.1, -0.05) is 0 Å². The quantitative estimate of drug-likeness (QED) is 0.218. The highest BCUT2D eigenvalue weighted by Gasteiger charge is 2.67. The van der Waals surface area contributed by atoms with E-state index in [1.54, 1.807) is 0 Å². The van der Waals surface area contributed by atoms with Crippen LogP contribution in [0.3, 0.4) is 0 Å². The summed E-state index contributed by atoms with van der Waals surface area (Å²) in [6, 6.07) is 0. The Bertz CT molecular complexity index is 663. The molecular weight excluding hydrogens is 396 g/mol. The van der Waals surface area contributed by atoms with E-state index in [0.29, 0.717) is 0 Å². The van der Waals surface area contributed by atoms with Crippen LogP contribution in [0.2, 0.25) is 0 Å². The molecular formula is C17H26O12. The van der Waals surface area contributed by atoms with E-state index in [9.17, 15) is 40.5 Å². The average Bonchev–Trinajstić information content (AvgIpc) is 2.86. The molecule has 0 aromatic rings. The van der Waals surface area contributed by atoms with Gasteiger partial charge in [0.2, 0.25) is 6.29 Å². The van der Waals surface area contributed by atoms with Gasteiger partial charge >= 0.3 is 5.97 Å². The Labute approximate surface area is 165 Å². The molecule has 0 aromatic carbocycles. The topological polar surface area (TPSA) is 196 Å². The summed E-state index contributed by atoms with van der Waals surface area (Å²) < 4.78 is 20.7.